The summed E-state index contributed by atoms with van der Waals surface area (Å²) < 4.78 is 0. The Morgan fingerprint density at radius 3 is 2.56 bits per heavy atom. The van der Waals surface area contributed by atoms with E-state index < -0.39 is 0 Å². The molecule has 2 aliphatic carbocycles. The number of carbonyl (C=O) groups excluding carboxylic acids is 1. The molecule has 0 N–H and O–H groups in total. The number of benzene rings is 1. The lowest BCUT2D eigenvalue weighted by Gasteiger charge is -2.16. The highest BCUT2D eigenvalue weighted by atomic mass is 16.1. The summed E-state index contributed by atoms with van der Waals surface area (Å²) in [7, 11) is 0. The summed E-state index contributed by atoms with van der Waals surface area (Å²) in [6, 6.07) is 9.68. The van der Waals surface area contributed by atoms with Crippen LogP contribution in [-0.2, 0) is 0 Å². The van der Waals surface area contributed by atoms with E-state index in [9.17, 15) is 4.79 Å². The highest BCUT2D eigenvalue weighted by Crippen LogP contribution is 2.45. The highest BCUT2D eigenvalue weighted by Gasteiger charge is 2.36. The Morgan fingerprint density at radius 2 is 1.94 bits per heavy atom. The van der Waals surface area contributed by atoms with Gasteiger partial charge in [-0.05, 0) is 30.6 Å². The Bertz CT molecular complexity index is 418. The second kappa shape index (κ2) is 3.89. The van der Waals surface area contributed by atoms with E-state index in [1.807, 2.05) is 30.3 Å². The van der Waals surface area contributed by atoms with Crippen LogP contribution in [0.4, 0.5) is 0 Å². The van der Waals surface area contributed by atoms with Gasteiger partial charge in [-0.2, -0.15) is 0 Å². The topological polar surface area (TPSA) is 17.1 Å². The molecule has 1 aromatic rings. The van der Waals surface area contributed by atoms with Crippen LogP contribution in [0.5, 0.6) is 0 Å². The summed E-state index contributed by atoms with van der Waals surface area (Å²) in [4.78, 5) is 12.1. The van der Waals surface area contributed by atoms with Gasteiger partial charge < -0.3 is 0 Å². The Labute approximate surface area is 96.2 Å². The molecule has 1 heteroatoms. The zero-order valence-electron chi connectivity index (χ0n) is 9.30. The van der Waals surface area contributed by atoms with Crippen LogP contribution in [0.25, 0.3) is 0 Å². The molecule has 2 bridgehead atoms. The molecule has 0 amide bonds. The van der Waals surface area contributed by atoms with E-state index in [0.29, 0.717) is 17.6 Å². The normalized spacial score (nSPS) is 30.9. The van der Waals surface area contributed by atoms with Crippen molar-refractivity contribution in [3.8, 4) is 0 Å². The number of ketones is 1. The first-order valence-electron chi connectivity index (χ1n) is 6.09. The first kappa shape index (κ1) is 9.83. The quantitative estimate of drug-likeness (QED) is 0.554. The molecule has 1 saturated carbocycles. The van der Waals surface area contributed by atoms with Gasteiger partial charge in [0.1, 0.15) is 0 Å². The summed E-state index contributed by atoms with van der Waals surface area (Å²) >= 11 is 0. The molecule has 3 rings (SSSR count). The molecule has 1 aromatic carbocycles. The maximum atomic E-state index is 12.1. The van der Waals surface area contributed by atoms with E-state index in [-0.39, 0.29) is 0 Å². The van der Waals surface area contributed by atoms with Crippen molar-refractivity contribution < 1.29 is 4.79 Å². The van der Waals surface area contributed by atoms with Gasteiger partial charge in [-0.25, -0.2) is 0 Å². The zero-order chi connectivity index (χ0) is 11.0. The van der Waals surface area contributed by atoms with Gasteiger partial charge in [-0.15, -0.1) is 0 Å². The number of carbonyl (C=O) groups is 1. The van der Waals surface area contributed by atoms with Crippen molar-refractivity contribution in [2.45, 2.75) is 19.3 Å². The molecule has 0 aromatic heterocycles. The van der Waals surface area contributed by atoms with Crippen LogP contribution in [-0.4, -0.2) is 5.78 Å². The van der Waals surface area contributed by atoms with Gasteiger partial charge in [0.05, 0.1) is 0 Å². The molecule has 3 atom stereocenters. The van der Waals surface area contributed by atoms with Crippen molar-refractivity contribution in [1.82, 2.24) is 0 Å². The lowest BCUT2D eigenvalue weighted by Crippen LogP contribution is -2.13. The minimum Gasteiger partial charge on any atom is -0.294 e. The Kier molecular flexibility index (Phi) is 2.39. The third-order valence-corrected chi connectivity index (χ3v) is 3.96. The second-order valence-corrected chi connectivity index (χ2v) is 5.03. The van der Waals surface area contributed by atoms with E-state index >= 15 is 0 Å². The van der Waals surface area contributed by atoms with E-state index in [2.05, 4.69) is 12.2 Å². The van der Waals surface area contributed by atoms with E-state index in [4.69, 9.17) is 0 Å². The zero-order valence-corrected chi connectivity index (χ0v) is 9.30. The van der Waals surface area contributed by atoms with Crippen molar-refractivity contribution in [1.29, 1.82) is 0 Å². The fourth-order valence-electron chi connectivity index (χ4n) is 3.11. The molecular weight excluding hydrogens is 196 g/mol. The number of fused-ring (bicyclic) bond motifs is 2. The minimum atomic E-state index is 0.312. The monoisotopic (exact) mass is 212 g/mol. The van der Waals surface area contributed by atoms with E-state index in [1.165, 1.54) is 12.8 Å². The van der Waals surface area contributed by atoms with Crippen LogP contribution in [0.1, 0.15) is 29.6 Å². The van der Waals surface area contributed by atoms with Crippen molar-refractivity contribution in [2.75, 3.05) is 0 Å². The number of hydrogen-bond donors (Lipinski definition) is 0. The van der Waals surface area contributed by atoms with Crippen molar-refractivity contribution in [2.24, 2.45) is 17.8 Å². The molecule has 2 aliphatic rings. The average Bonchev–Trinajstić information content (AvgIpc) is 2.92. The Morgan fingerprint density at radius 1 is 1.12 bits per heavy atom. The molecule has 0 spiro atoms. The van der Waals surface area contributed by atoms with Crippen LogP contribution < -0.4 is 0 Å². The van der Waals surface area contributed by atoms with Crippen LogP contribution >= 0.6 is 0 Å². The molecule has 1 nitrogen and oxygen atoms in total. The number of Topliss-reactive ketones (excluding diaryl/α,β-unsaturated/α-hetero) is 1. The van der Waals surface area contributed by atoms with E-state index in [1.54, 1.807) is 0 Å². The predicted octanol–water partition coefficient (Wildman–Crippen LogP) is 3.47. The number of hydrogen-bond acceptors (Lipinski definition) is 1. The molecular formula is C15H16O. The smallest absolute Gasteiger partial charge is 0.163 e. The third-order valence-electron chi connectivity index (χ3n) is 3.96. The van der Waals surface area contributed by atoms with Crippen molar-refractivity contribution in [3.63, 3.8) is 0 Å². The maximum Gasteiger partial charge on any atom is 0.163 e. The van der Waals surface area contributed by atoms with Gasteiger partial charge in [0.25, 0.3) is 0 Å². The average molecular weight is 212 g/mol. The largest absolute Gasteiger partial charge is 0.294 e. The van der Waals surface area contributed by atoms with Gasteiger partial charge in [0, 0.05) is 12.0 Å². The predicted molar refractivity (Wildman–Crippen MR) is 64.2 cm³/mol. The first-order chi connectivity index (χ1) is 7.83. The molecule has 0 saturated heterocycles. The molecule has 0 aliphatic heterocycles. The third kappa shape index (κ3) is 1.71. The summed E-state index contributed by atoms with van der Waals surface area (Å²) in [5, 5.41) is 0. The fraction of sp³-hybridized carbons (Fsp3) is 0.400. The van der Waals surface area contributed by atoms with Crippen LogP contribution in [0.2, 0.25) is 0 Å². The van der Waals surface area contributed by atoms with Gasteiger partial charge in [-0.1, -0.05) is 42.5 Å². The van der Waals surface area contributed by atoms with Crippen LogP contribution in [0.3, 0.4) is 0 Å². The SMILES string of the molecule is O=C(C[C@@H]1C[C@H]2C=C[C@@H]1C2)c1ccccc1. The van der Waals surface area contributed by atoms with Crippen LogP contribution in [0.15, 0.2) is 42.5 Å². The molecule has 82 valence electrons. The van der Waals surface area contributed by atoms with E-state index in [0.717, 1.165) is 17.9 Å². The standard InChI is InChI=1S/C15H16O/c16-15(12-4-2-1-3-5-12)10-14-9-11-6-7-13(14)8-11/h1-7,11,13-14H,8-10H2/t11-,13+,14-/m0/s1. The summed E-state index contributed by atoms with van der Waals surface area (Å²) in [6.45, 7) is 0. The lowest BCUT2D eigenvalue weighted by molar-refractivity contribution is 0.0954. The summed E-state index contributed by atoms with van der Waals surface area (Å²) in [5.74, 6) is 2.35. The Hall–Kier alpha value is -1.37. The molecule has 0 unspecified atom stereocenters. The summed E-state index contributed by atoms with van der Waals surface area (Å²) in [6.07, 6.45) is 7.88. The van der Waals surface area contributed by atoms with Gasteiger partial charge >= 0.3 is 0 Å². The fourth-order valence-corrected chi connectivity index (χ4v) is 3.11. The van der Waals surface area contributed by atoms with Gasteiger partial charge in [0.15, 0.2) is 5.78 Å². The van der Waals surface area contributed by atoms with Crippen molar-refractivity contribution in [3.05, 3.63) is 48.0 Å². The van der Waals surface area contributed by atoms with Gasteiger partial charge in [-0.3, -0.25) is 4.79 Å². The molecule has 0 radical (unpaired) electrons. The lowest BCUT2D eigenvalue weighted by atomic mass is 9.87. The summed E-state index contributed by atoms with van der Waals surface area (Å²) in [5.41, 5.74) is 0.870. The molecule has 16 heavy (non-hydrogen) atoms. The number of allylic oxidation sites excluding steroid dienone is 2. The van der Waals surface area contributed by atoms with Crippen LogP contribution in [0, 0.1) is 17.8 Å². The highest BCUT2D eigenvalue weighted by molar-refractivity contribution is 5.96. The maximum absolute atomic E-state index is 12.1. The van der Waals surface area contributed by atoms with Gasteiger partial charge in [0.2, 0.25) is 0 Å². The minimum absolute atomic E-state index is 0.312. The molecule has 1 fully saturated rings. The Balaban J connectivity index is 1.68. The second-order valence-electron chi connectivity index (χ2n) is 5.03. The van der Waals surface area contributed by atoms with Crippen molar-refractivity contribution >= 4 is 5.78 Å². The number of rotatable bonds is 3. The first-order valence-corrected chi connectivity index (χ1v) is 6.09. The molecule has 0 heterocycles.